The van der Waals surface area contributed by atoms with Gasteiger partial charge in [0.05, 0.1) is 16.3 Å². The average Bonchev–Trinajstić information content (AvgIpc) is 3.70. The van der Waals surface area contributed by atoms with Crippen molar-refractivity contribution in [1.82, 2.24) is 35.1 Å². The molecule has 1 aromatic heterocycles. The summed E-state index contributed by atoms with van der Waals surface area (Å²) in [5.41, 5.74) is 4.16. The number of nitrogens with one attached hydrogen (secondary N) is 1. The Hall–Kier alpha value is -6.25. The second kappa shape index (κ2) is 15.6. The number of aromatic carboxylic acids is 1. The number of amides is 3. The number of rotatable bonds is 10. The van der Waals surface area contributed by atoms with Gasteiger partial charge in [-0.2, -0.15) is 4.68 Å². The molecule has 0 spiro atoms. The summed E-state index contributed by atoms with van der Waals surface area (Å²) in [6.45, 7) is 2.53. The van der Waals surface area contributed by atoms with Crippen LogP contribution in [0.15, 0.2) is 91.3 Å². The molecule has 5 aromatic rings. The molecule has 1 unspecified atom stereocenters. The maximum Gasteiger partial charge on any atom is 0.335 e. The number of hydrogen-bond acceptors (Lipinski definition) is 8. The summed E-state index contributed by atoms with van der Waals surface area (Å²) in [6, 6.07) is 20.1. The van der Waals surface area contributed by atoms with Gasteiger partial charge in [-0.3, -0.25) is 19.4 Å². The first-order valence-electron chi connectivity index (χ1n) is 16.5. The minimum Gasteiger partial charge on any atom is -0.478 e. The highest BCUT2D eigenvalue weighted by Crippen LogP contribution is 2.37. The zero-order valence-corrected chi connectivity index (χ0v) is 29.7. The van der Waals surface area contributed by atoms with Crippen molar-refractivity contribution in [3.8, 4) is 16.8 Å². The number of carboxylic acids is 1. The van der Waals surface area contributed by atoms with Crippen LogP contribution in [0.4, 0.5) is 10.1 Å². The summed E-state index contributed by atoms with van der Waals surface area (Å²) in [6.07, 6.45) is 4.10. The van der Waals surface area contributed by atoms with Gasteiger partial charge in [-0.1, -0.05) is 41.9 Å². The van der Waals surface area contributed by atoms with Crippen LogP contribution in [0.25, 0.3) is 22.9 Å². The highest BCUT2D eigenvalue weighted by atomic mass is 35.5. The van der Waals surface area contributed by atoms with Gasteiger partial charge >= 0.3 is 5.97 Å². The topological polar surface area (TPSA) is 154 Å². The van der Waals surface area contributed by atoms with E-state index in [2.05, 4.69) is 20.8 Å². The van der Waals surface area contributed by atoms with Gasteiger partial charge in [0, 0.05) is 50.1 Å². The normalized spacial score (nSPS) is 13.9. The highest BCUT2D eigenvalue weighted by Gasteiger charge is 2.36. The van der Waals surface area contributed by atoms with E-state index in [1.54, 1.807) is 48.4 Å². The van der Waals surface area contributed by atoms with Crippen molar-refractivity contribution in [3.63, 3.8) is 0 Å². The van der Waals surface area contributed by atoms with Crippen LogP contribution in [0.3, 0.4) is 0 Å². The van der Waals surface area contributed by atoms with E-state index in [0.717, 1.165) is 16.7 Å². The number of nitrogens with zero attached hydrogens (tertiary/aromatic N) is 7. The molecule has 0 aliphatic carbocycles. The van der Waals surface area contributed by atoms with Crippen LogP contribution in [-0.4, -0.2) is 91.1 Å². The third-order valence-corrected chi connectivity index (χ3v) is 9.20. The first-order valence-corrected chi connectivity index (χ1v) is 16.9. The number of carboxylic acid groups (broad SMARTS) is 1. The first-order chi connectivity index (χ1) is 25.5. The Balaban J connectivity index is 1.37. The molecule has 53 heavy (non-hydrogen) atoms. The Morgan fingerprint density at radius 1 is 1.00 bits per heavy atom. The maximum absolute atomic E-state index is 15.3. The molecule has 2 N–H and O–H groups in total. The molecule has 0 saturated carbocycles. The molecule has 0 fully saturated rings. The molecule has 0 saturated heterocycles. The highest BCUT2D eigenvalue weighted by molar-refractivity contribution is 6.31. The van der Waals surface area contributed by atoms with Gasteiger partial charge in [-0.15, -0.1) is 5.10 Å². The molecule has 2 heterocycles. The number of halogens is 2. The van der Waals surface area contributed by atoms with E-state index in [0.29, 0.717) is 29.8 Å². The molecule has 15 heteroatoms. The van der Waals surface area contributed by atoms with E-state index in [9.17, 15) is 24.3 Å². The summed E-state index contributed by atoms with van der Waals surface area (Å²) < 4.78 is 16.6. The average molecular weight is 737 g/mol. The van der Waals surface area contributed by atoms with E-state index in [4.69, 9.17) is 11.6 Å². The number of carbonyl (C=O) groups is 4. The number of hydrazine groups is 1. The lowest BCUT2D eigenvalue weighted by Gasteiger charge is -2.37. The molecule has 6 rings (SSSR count). The zero-order chi connectivity index (χ0) is 37.8. The third-order valence-electron chi connectivity index (χ3n) is 8.91. The Morgan fingerprint density at radius 2 is 1.72 bits per heavy atom. The predicted octanol–water partition coefficient (Wildman–Crippen LogP) is 5.54. The number of benzene rings is 4. The van der Waals surface area contributed by atoms with Gasteiger partial charge in [0.15, 0.2) is 5.82 Å². The van der Waals surface area contributed by atoms with E-state index in [1.807, 2.05) is 25.1 Å². The van der Waals surface area contributed by atoms with Gasteiger partial charge in [0.1, 0.15) is 12.4 Å². The predicted molar refractivity (Wildman–Crippen MR) is 196 cm³/mol. The van der Waals surface area contributed by atoms with Crippen LogP contribution in [-0.2, 0) is 16.0 Å². The summed E-state index contributed by atoms with van der Waals surface area (Å²) >= 11 is 6.09. The summed E-state index contributed by atoms with van der Waals surface area (Å²) in [5, 5.41) is 26.4. The number of carbonyl (C=O) groups excluding carboxylic acids is 3. The molecule has 3 amide bonds. The van der Waals surface area contributed by atoms with Crippen LogP contribution < -0.4 is 5.32 Å². The Kier molecular flexibility index (Phi) is 10.7. The monoisotopic (exact) mass is 736 g/mol. The minimum absolute atomic E-state index is 0.0352. The zero-order valence-electron chi connectivity index (χ0n) is 28.9. The fourth-order valence-electron chi connectivity index (χ4n) is 6.35. The number of anilines is 1. The van der Waals surface area contributed by atoms with Crippen molar-refractivity contribution in [3.05, 3.63) is 130 Å². The fraction of sp³-hybridized carbons (Fsp3) is 0.184. The SMILES string of the molecule is CCN(C(=O)c1ccc(-c2cccc3c2CCN(C(=O)C=Cc2c(-n4cnnn4)ccc(Cl)c2F)C3C(=O)Nc2ccc(C(=O)O)cc2)cc1)N(C)C. The van der Waals surface area contributed by atoms with Gasteiger partial charge in [0.2, 0.25) is 5.91 Å². The van der Waals surface area contributed by atoms with Crippen LogP contribution in [0, 0.1) is 5.82 Å². The Bertz CT molecular complexity index is 2210. The Labute approximate surface area is 308 Å². The van der Waals surface area contributed by atoms with Crippen molar-refractivity contribution in [2.24, 2.45) is 0 Å². The molecule has 13 nitrogen and oxygen atoms in total. The molecular weight excluding hydrogens is 703 g/mol. The van der Waals surface area contributed by atoms with Crippen LogP contribution in [0.2, 0.25) is 5.02 Å². The van der Waals surface area contributed by atoms with Crippen molar-refractivity contribution in [1.29, 1.82) is 0 Å². The van der Waals surface area contributed by atoms with Gasteiger partial charge in [-0.25, -0.2) is 14.2 Å². The molecule has 4 aromatic carbocycles. The summed E-state index contributed by atoms with van der Waals surface area (Å²) in [4.78, 5) is 54.1. The lowest BCUT2D eigenvalue weighted by atomic mass is 9.85. The standard InChI is InChI=1S/C38H34ClFN8O5/c1-4-48(45(2)3)37(51)24-10-8-23(9-11-24)27-6-5-7-29-28(27)20-21-46(35(29)36(50)42-26-14-12-25(13-15-26)38(52)53)33(49)19-16-30-32(47-22-41-43-44-47)18-17-31(39)34(30)40/h5-19,22,35H,4,20-21H2,1-3H3,(H,42,50)(H,52,53). The largest absolute Gasteiger partial charge is 0.478 e. The van der Waals surface area contributed by atoms with Crippen LogP contribution in [0.5, 0.6) is 0 Å². The van der Waals surface area contributed by atoms with Gasteiger partial charge in [-0.05, 0) is 101 Å². The number of aromatic nitrogens is 4. The first kappa shape index (κ1) is 36.5. The van der Waals surface area contributed by atoms with Crippen molar-refractivity contribution in [2.45, 2.75) is 19.4 Å². The van der Waals surface area contributed by atoms with Crippen molar-refractivity contribution in [2.75, 3.05) is 32.5 Å². The van der Waals surface area contributed by atoms with Crippen molar-refractivity contribution >= 4 is 47.1 Å². The molecule has 0 radical (unpaired) electrons. The lowest BCUT2D eigenvalue weighted by molar-refractivity contribution is -0.135. The molecule has 1 atom stereocenters. The number of hydrogen-bond donors (Lipinski definition) is 2. The third kappa shape index (κ3) is 7.54. The summed E-state index contributed by atoms with van der Waals surface area (Å²) in [5.74, 6) is -3.16. The second-order valence-corrected chi connectivity index (χ2v) is 12.7. The fourth-order valence-corrected chi connectivity index (χ4v) is 6.52. The molecule has 0 bridgehead atoms. The quantitative estimate of drug-likeness (QED) is 0.139. The number of fused-ring (bicyclic) bond motifs is 1. The van der Waals surface area contributed by atoms with Gasteiger partial charge in [0.25, 0.3) is 11.8 Å². The van der Waals surface area contributed by atoms with Crippen molar-refractivity contribution < 1.29 is 28.7 Å². The van der Waals surface area contributed by atoms with E-state index in [1.165, 1.54) is 64.5 Å². The number of tetrazole rings is 1. The van der Waals surface area contributed by atoms with E-state index < -0.39 is 29.6 Å². The minimum atomic E-state index is -1.13. The van der Waals surface area contributed by atoms with Crippen LogP contribution in [0.1, 0.15) is 50.4 Å². The van der Waals surface area contributed by atoms with E-state index >= 15 is 4.39 Å². The lowest BCUT2D eigenvalue weighted by Crippen LogP contribution is -2.45. The maximum atomic E-state index is 15.3. The Morgan fingerprint density at radius 3 is 2.36 bits per heavy atom. The smallest absolute Gasteiger partial charge is 0.335 e. The van der Waals surface area contributed by atoms with Gasteiger partial charge < -0.3 is 15.3 Å². The van der Waals surface area contributed by atoms with Crippen LogP contribution >= 0.6 is 11.6 Å². The van der Waals surface area contributed by atoms with E-state index in [-0.39, 0.29) is 34.3 Å². The second-order valence-electron chi connectivity index (χ2n) is 12.3. The molecule has 1 aliphatic rings. The molecule has 1 aliphatic heterocycles. The molecule has 270 valence electrons. The molecular formula is C38H34ClFN8O5. The summed E-state index contributed by atoms with van der Waals surface area (Å²) in [7, 11) is 3.61.